The van der Waals surface area contributed by atoms with Crippen LogP contribution in [0.4, 0.5) is 4.79 Å². The van der Waals surface area contributed by atoms with Gasteiger partial charge in [0.05, 0.1) is 10.8 Å². The quantitative estimate of drug-likeness (QED) is 0.789. The largest absolute Gasteiger partial charge is 0.444 e. The Morgan fingerprint density at radius 3 is 2.47 bits per heavy atom. The SMILES string of the molecule is Cc1ccsc1C(=O)N1CCC[C@H](NC(=O)[C@H]2CCCN(C(=O)OC(C)(C)C)C2)C1. The zero-order valence-electron chi connectivity index (χ0n) is 18.4. The topological polar surface area (TPSA) is 79.0 Å². The van der Waals surface area contributed by atoms with Crippen LogP contribution in [0.2, 0.25) is 0 Å². The van der Waals surface area contributed by atoms with Crippen LogP contribution in [0, 0.1) is 12.8 Å². The van der Waals surface area contributed by atoms with Crippen LogP contribution in [-0.4, -0.2) is 65.5 Å². The fourth-order valence-electron chi connectivity index (χ4n) is 4.02. The molecule has 2 fully saturated rings. The van der Waals surface area contributed by atoms with Crippen LogP contribution in [0.5, 0.6) is 0 Å². The average Bonchev–Trinajstić information content (AvgIpc) is 3.12. The summed E-state index contributed by atoms with van der Waals surface area (Å²) in [5.41, 5.74) is 0.450. The van der Waals surface area contributed by atoms with E-state index in [1.54, 1.807) is 4.90 Å². The van der Waals surface area contributed by atoms with Crippen molar-refractivity contribution < 1.29 is 19.1 Å². The second kappa shape index (κ2) is 9.37. The van der Waals surface area contributed by atoms with Crippen molar-refractivity contribution in [3.8, 4) is 0 Å². The van der Waals surface area contributed by atoms with E-state index in [4.69, 9.17) is 4.74 Å². The molecule has 8 heteroatoms. The number of hydrogen-bond donors (Lipinski definition) is 1. The molecule has 2 aliphatic heterocycles. The zero-order valence-corrected chi connectivity index (χ0v) is 19.2. The maximum absolute atomic E-state index is 12.9. The summed E-state index contributed by atoms with van der Waals surface area (Å²) in [6.07, 6.45) is 2.91. The summed E-state index contributed by atoms with van der Waals surface area (Å²) in [6.45, 7) is 9.72. The highest BCUT2D eigenvalue weighted by molar-refractivity contribution is 7.12. The number of thiophene rings is 1. The molecular formula is C22H33N3O4S. The highest BCUT2D eigenvalue weighted by atomic mass is 32.1. The van der Waals surface area contributed by atoms with Gasteiger partial charge in [-0.2, -0.15) is 0 Å². The first kappa shape index (κ1) is 22.6. The lowest BCUT2D eigenvalue weighted by Gasteiger charge is -2.36. The Morgan fingerprint density at radius 2 is 1.80 bits per heavy atom. The fourth-order valence-corrected chi connectivity index (χ4v) is 4.91. The number of piperidine rings is 2. The van der Waals surface area contributed by atoms with Gasteiger partial charge >= 0.3 is 6.09 Å². The summed E-state index contributed by atoms with van der Waals surface area (Å²) in [4.78, 5) is 42.3. The molecule has 1 N–H and O–H groups in total. The summed E-state index contributed by atoms with van der Waals surface area (Å²) in [5.74, 6) is -0.220. The molecule has 7 nitrogen and oxygen atoms in total. The van der Waals surface area contributed by atoms with Gasteiger partial charge in [0.25, 0.3) is 5.91 Å². The number of nitrogens with one attached hydrogen (secondary N) is 1. The van der Waals surface area contributed by atoms with Crippen molar-refractivity contribution in [2.45, 2.75) is 65.0 Å². The molecule has 2 atom stereocenters. The molecule has 30 heavy (non-hydrogen) atoms. The smallest absolute Gasteiger partial charge is 0.410 e. The molecule has 0 unspecified atom stereocenters. The first-order valence-corrected chi connectivity index (χ1v) is 11.6. The molecule has 1 aromatic rings. The van der Waals surface area contributed by atoms with Crippen LogP contribution >= 0.6 is 11.3 Å². The third kappa shape index (κ3) is 5.74. The van der Waals surface area contributed by atoms with Crippen LogP contribution in [0.15, 0.2) is 11.4 Å². The van der Waals surface area contributed by atoms with Crippen molar-refractivity contribution in [2.75, 3.05) is 26.2 Å². The maximum atomic E-state index is 12.9. The molecule has 0 spiro atoms. The van der Waals surface area contributed by atoms with Gasteiger partial charge in [-0.05, 0) is 70.4 Å². The van der Waals surface area contributed by atoms with E-state index in [0.717, 1.165) is 42.7 Å². The van der Waals surface area contributed by atoms with Gasteiger partial charge in [0.15, 0.2) is 0 Å². The van der Waals surface area contributed by atoms with Crippen molar-refractivity contribution in [3.05, 3.63) is 21.9 Å². The first-order chi connectivity index (χ1) is 14.1. The lowest BCUT2D eigenvalue weighted by Crippen LogP contribution is -2.53. The highest BCUT2D eigenvalue weighted by Crippen LogP contribution is 2.22. The van der Waals surface area contributed by atoms with E-state index in [2.05, 4.69) is 5.32 Å². The second-order valence-corrected chi connectivity index (χ2v) is 10.2. The number of nitrogens with zero attached hydrogens (tertiary/aromatic N) is 2. The molecule has 3 heterocycles. The van der Waals surface area contributed by atoms with Gasteiger partial charge < -0.3 is 19.9 Å². The number of carbonyl (C=O) groups is 3. The zero-order chi connectivity index (χ0) is 21.9. The van der Waals surface area contributed by atoms with Crippen molar-refractivity contribution >= 4 is 29.2 Å². The Balaban J connectivity index is 1.54. The van der Waals surface area contributed by atoms with Crippen molar-refractivity contribution in [1.82, 2.24) is 15.1 Å². The second-order valence-electron chi connectivity index (χ2n) is 9.30. The minimum Gasteiger partial charge on any atom is -0.444 e. The Kier molecular flexibility index (Phi) is 7.06. The number of amides is 3. The Labute approximate surface area is 182 Å². The normalized spacial score (nSPS) is 22.5. The van der Waals surface area contributed by atoms with Gasteiger partial charge in [-0.25, -0.2) is 4.79 Å². The summed E-state index contributed by atoms with van der Waals surface area (Å²) in [7, 11) is 0. The van der Waals surface area contributed by atoms with E-state index in [-0.39, 0.29) is 29.9 Å². The minimum atomic E-state index is -0.550. The molecule has 0 radical (unpaired) electrons. The highest BCUT2D eigenvalue weighted by Gasteiger charge is 2.33. The number of rotatable bonds is 3. The van der Waals surface area contributed by atoms with Crippen LogP contribution in [-0.2, 0) is 9.53 Å². The fraction of sp³-hybridized carbons (Fsp3) is 0.682. The van der Waals surface area contributed by atoms with Crippen LogP contribution in [0.3, 0.4) is 0 Å². The number of ether oxygens (including phenoxy) is 1. The molecule has 0 saturated carbocycles. The molecule has 3 rings (SSSR count). The average molecular weight is 436 g/mol. The van der Waals surface area contributed by atoms with Crippen molar-refractivity contribution in [3.63, 3.8) is 0 Å². The molecule has 2 aliphatic rings. The number of aryl methyl sites for hydroxylation is 1. The van der Waals surface area contributed by atoms with Crippen LogP contribution in [0.1, 0.15) is 61.7 Å². The molecule has 0 aromatic carbocycles. The number of hydrogen-bond acceptors (Lipinski definition) is 5. The van der Waals surface area contributed by atoms with E-state index in [0.29, 0.717) is 19.6 Å². The Morgan fingerprint density at radius 1 is 1.10 bits per heavy atom. The predicted molar refractivity (Wildman–Crippen MR) is 117 cm³/mol. The van der Waals surface area contributed by atoms with Crippen molar-refractivity contribution in [2.24, 2.45) is 5.92 Å². The third-order valence-electron chi connectivity index (χ3n) is 5.56. The van der Waals surface area contributed by atoms with Crippen molar-refractivity contribution in [1.29, 1.82) is 0 Å². The standard InChI is InChI=1S/C22H33N3O4S/c1-15-9-12-30-18(15)20(27)24-10-6-8-17(14-24)23-19(26)16-7-5-11-25(13-16)21(28)29-22(2,3)4/h9,12,16-17H,5-8,10-11,13-14H2,1-4H3,(H,23,26)/t16-,17-/m0/s1. The molecule has 3 amide bonds. The van der Waals surface area contributed by atoms with Gasteiger partial charge in [0.1, 0.15) is 5.60 Å². The van der Waals surface area contributed by atoms with E-state index in [9.17, 15) is 14.4 Å². The predicted octanol–water partition coefficient (Wildman–Crippen LogP) is 3.42. The van der Waals surface area contributed by atoms with Crippen LogP contribution < -0.4 is 5.32 Å². The molecule has 2 saturated heterocycles. The molecule has 166 valence electrons. The van der Waals surface area contributed by atoms with Gasteiger partial charge in [-0.3, -0.25) is 9.59 Å². The lowest BCUT2D eigenvalue weighted by atomic mass is 9.96. The summed E-state index contributed by atoms with van der Waals surface area (Å²) in [6, 6.07) is 1.91. The molecule has 1 aromatic heterocycles. The van der Waals surface area contributed by atoms with E-state index < -0.39 is 5.60 Å². The minimum absolute atomic E-state index is 0.0325. The van der Waals surface area contributed by atoms with Gasteiger partial charge in [-0.15, -0.1) is 11.3 Å². The Hall–Kier alpha value is -2.09. The van der Waals surface area contributed by atoms with E-state index in [1.165, 1.54) is 11.3 Å². The Bertz CT molecular complexity index is 786. The molecule has 0 bridgehead atoms. The monoisotopic (exact) mass is 435 g/mol. The maximum Gasteiger partial charge on any atom is 0.410 e. The van der Waals surface area contributed by atoms with E-state index >= 15 is 0 Å². The lowest BCUT2D eigenvalue weighted by molar-refractivity contribution is -0.127. The third-order valence-corrected chi connectivity index (χ3v) is 6.56. The van der Waals surface area contributed by atoms with Gasteiger partial charge in [0.2, 0.25) is 5.91 Å². The molecular weight excluding hydrogens is 402 g/mol. The summed E-state index contributed by atoms with van der Waals surface area (Å²) in [5, 5.41) is 5.07. The van der Waals surface area contributed by atoms with E-state index in [1.807, 2.05) is 44.0 Å². The first-order valence-electron chi connectivity index (χ1n) is 10.8. The summed E-state index contributed by atoms with van der Waals surface area (Å²) >= 11 is 1.47. The van der Waals surface area contributed by atoms with Gasteiger partial charge in [-0.1, -0.05) is 0 Å². The number of carbonyl (C=O) groups excluding carboxylic acids is 3. The van der Waals surface area contributed by atoms with Gasteiger partial charge in [0, 0.05) is 32.2 Å². The van der Waals surface area contributed by atoms with Crippen LogP contribution in [0.25, 0.3) is 0 Å². The summed E-state index contributed by atoms with van der Waals surface area (Å²) < 4.78 is 5.45. The molecule has 0 aliphatic carbocycles. The number of likely N-dealkylation sites (tertiary alicyclic amines) is 2.